The van der Waals surface area contributed by atoms with E-state index in [0.29, 0.717) is 18.2 Å². The fourth-order valence-corrected chi connectivity index (χ4v) is 1.29. The number of rotatable bonds is 3. The van der Waals surface area contributed by atoms with Crippen LogP contribution in [0.3, 0.4) is 0 Å². The molecule has 3 heteroatoms. The van der Waals surface area contributed by atoms with Crippen LogP contribution in [0.25, 0.3) is 0 Å². The molecule has 0 saturated carbocycles. The summed E-state index contributed by atoms with van der Waals surface area (Å²) in [6.45, 7) is 6.76. The molecule has 1 aromatic heterocycles. The standard InChI is InChI=1S/C10H15NO2/c1-4-11-6-8(7(2)3)5-9(11)10(12)13/h5-7H,4H2,1-3H3,(H,12,13). The van der Waals surface area contributed by atoms with Crippen molar-refractivity contribution in [1.29, 1.82) is 0 Å². The van der Waals surface area contributed by atoms with Crippen LogP contribution in [-0.2, 0) is 6.54 Å². The highest BCUT2D eigenvalue weighted by atomic mass is 16.4. The zero-order chi connectivity index (χ0) is 10.0. The third-order valence-corrected chi connectivity index (χ3v) is 2.14. The summed E-state index contributed by atoms with van der Waals surface area (Å²) >= 11 is 0. The lowest BCUT2D eigenvalue weighted by Crippen LogP contribution is -2.05. The Bertz CT molecular complexity index is 313. The zero-order valence-electron chi connectivity index (χ0n) is 8.24. The second kappa shape index (κ2) is 3.64. The Morgan fingerprint density at radius 1 is 1.62 bits per heavy atom. The van der Waals surface area contributed by atoms with Gasteiger partial charge < -0.3 is 9.67 Å². The van der Waals surface area contributed by atoms with Crippen LogP contribution >= 0.6 is 0 Å². The Balaban J connectivity index is 3.11. The van der Waals surface area contributed by atoms with Gasteiger partial charge in [-0.1, -0.05) is 13.8 Å². The van der Waals surface area contributed by atoms with Crippen LogP contribution in [0, 0.1) is 0 Å². The molecule has 0 spiro atoms. The van der Waals surface area contributed by atoms with Gasteiger partial charge in [-0.3, -0.25) is 0 Å². The summed E-state index contributed by atoms with van der Waals surface area (Å²) in [5.41, 5.74) is 1.46. The molecule has 13 heavy (non-hydrogen) atoms. The van der Waals surface area contributed by atoms with Gasteiger partial charge in [0.2, 0.25) is 0 Å². The van der Waals surface area contributed by atoms with Gasteiger partial charge in [-0.15, -0.1) is 0 Å². The van der Waals surface area contributed by atoms with Gasteiger partial charge in [0.15, 0.2) is 0 Å². The quantitative estimate of drug-likeness (QED) is 0.777. The fraction of sp³-hybridized carbons (Fsp3) is 0.500. The Hall–Kier alpha value is -1.25. The van der Waals surface area contributed by atoms with Crippen molar-refractivity contribution in [2.45, 2.75) is 33.2 Å². The van der Waals surface area contributed by atoms with Crippen LogP contribution in [0.1, 0.15) is 42.7 Å². The number of hydrogen-bond donors (Lipinski definition) is 1. The zero-order valence-corrected chi connectivity index (χ0v) is 8.24. The first-order chi connectivity index (χ1) is 6.06. The summed E-state index contributed by atoms with van der Waals surface area (Å²) in [5.74, 6) is -0.473. The largest absolute Gasteiger partial charge is 0.477 e. The van der Waals surface area contributed by atoms with E-state index in [2.05, 4.69) is 13.8 Å². The summed E-state index contributed by atoms with van der Waals surface area (Å²) in [6.07, 6.45) is 1.91. The normalized spacial score (nSPS) is 10.8. The molecule has 0 bridgehead atoms. The Kier molecular flexibility index (Phi) is 2.76. The molecule has 1 heterocycles. The van der Waals surface area contributed by atoms with E-state index in [4.69, 9.17) is 5.11 Å². The van der Waals surface area contributed by atoms with E-state index in [1.54, 1.807) is 10.6 Å². The van der Waals surface area contributed by atoms with Gasteiger partial charge in [0, 0.05) is 12.7 Å². The van der Waals surface area contributed by atoms with Gasteiger partial charge in [-0.25, -0.2) is 4.79 Å². The van der Waals surface area contributed by atoms with E-state index in [1.807, 2.05) is 13.1 Å². The molecule has 0 unspecified atom stereocenters. The predicted molar refractivity (Wildman–Crippen MR) is 51.2 cm³/mol. The first kappa shape index (κ1) is 9.84. The van der Waals surface area contributed by atoms with Gasteiger partial charge in [0.1, 0.15) is 5.69 Å². The van der Waals surface area contributed by atoms with Gasteiger partial charge in [-0.05, 0) is 24.5 Å². The Labute approximate surface area is 78.0 Å². The number of carboxylic acid groups (broad SMARTS) is 1. The van der Waals surface area contributed by atoms with E-state index < -0.39 is 5.97 Å². The van der Waals surface area contributed by atoms with Gasteiger partial charge in [0.05, 0.1) is 0 Å². The smallest absolute Gasteiger partial charge is 0.352 e. The summed E-state index contributed by atoms with van der Waals surface area (Å²) in [4.78, 5) is 10.8. The van der Waals surface area contributed by atoms with Crippen LogP contribution in [0.2, 0.25) is 0 Å². The van der Waals surface area contributed by atoms with Crippen LogP contribution in [0.5, 0.6) is 0 Å². The van der Waals surface area contributed by atoms with Crippen molar-refractivity contribution in [3.63, 3.8) is 0 Å². The van der Waals surface area contributed by atoms with Crippen molar-refractivity contribution >= 4 is 5.97 Å². The molecule has 0 amide bonds. The first-order valence-electron chi connectivity index (χ1n) is 4.49. The number of aromatic nitrogens is 1. The summed E-state index contributed by atoms with van der Waals surface area (Å²) < 4.78 is 1.76. The molecular weight excluding hydrogens is 166 g/mol. The van der Waals surface area contributed by atoms with E-state index in [1.165, 1.54) is 0 Å². The van der Waals surface area contributed by atoms with E-state index in [9.17, 15) is 4.79 Å². The lowest BCUT2D eigenvalue weighted by atomic mass is 10.1. The molecule has 0 radical (unpaired) electrons. The van der Waals surface area contributed by atoms with Gasteiger partial charge in [0.25, 0.3) is 0 Å². The molecule has 0 atom stereocenters. The van der Waals surface area contributed by atoms with Crippen LogP contribution in [0.4, 0.5) is 0 Å². The molecule has 0 aliphatic heterocycles. The second-order valence-corrected chi connectivity index (χ2v) is 3.40. The minimum atomic E-state index is -0.853. The molecule has 1 aromatic rings. The van der Waals surface area contributed by atoms with Crippen molar-refractivity contribution in [2.24, 2.45) is 0 Å². The summed E-state index contributed by atoms with van der Waals surface area (Å²) in [6, 6.07) is 1.75. The lowest BCUT2D eigenvalue weighted by molar-refractivity contribution is 0.0685. The maximum absolute atomic E-state index is 10.8. The highest BCUT2D eigenvalue weighted by Crippen LogP contribution is 2.17. The summed E-state index contributed by atoms with van der Waals surface area (Å²) in [5, 5.41) is 8.87. The Morgan fingerprint density at radius 2 is 2.23 bits per heavy atom. The number of aromatic carboxylic acids is 1. The SMILES string of the molecule is CCn1cc(C(C)C)cc1C(=O)O. The second-order valence-electron chi connectivity index (χ2n) is 3.40. The number of carbonyl (C=O) groups is 1. The maximum Gasteiger partial charge on any atom is 0.352 e. The van der Waals surface area contributed by atoms with Gasteiger partial charge in [-0.2, -0.15) is 0 Å². The molecule has 1 rings (SSSR count). The van der Waals surface area contributed by atoms with Crippen LogP contribution < -0.4 is 0 Å². The highest BCUT2D eigenvalue weighted by molar-refractivity contribution is 5.86. The summed E-state index contributed by atoms with van der Waals surface area (Å²) in [7, 11) is 0. The van der Waals surface area contributed by atoms with E-state index in [0.717, 1.165) is 5.56 Å². The lowest BCUT2D eigenvalue weighted by Gasteiger charge is -2.00. The average molecular weight is 181 g/mol. The third kappa shape index (κ3) is 1.91. The minimum Gasteiger partial charge on any atom is -0.477 e. The highest BCUT2D eigenvalue weighted by Gasteiger charge is 2.12. The molecule has 0 aliphatic carbocycles. The number of aryl methyl sites for hydroxylation is 1. The van der Waals surface area contributed by atoms with E-state index in [-0.39, 0.29) is 0 Å². The molecule has 1 N–H and O–H groups in total. The Morgan fingerprint density at radius 3 is 2.54 bits per heavy atom. The van der Waals surface area contributed by atoms with Crippen molar-refractivity contribution < 1.29 is 9.90 Å². The van der Waals surface area contributed by atoms with Crippen molar-refractivity contribution in [2.75, 3.05) is 0 Å². The monoisotopic (exact) mass is 181 g/mol. The third-order valence-electron chi connectivity index (χ3n) is 2.14. The van der Waals surface area contributed by atoms with Crippen molar-refractivity contribution in [1.82, 2.24) is 4.57 Å². The molecule has 3 nitrogen and oxygen atoms in total. The topological polar surface area (TPSA) is 42.2 Å². The molecule has 0 saturated heterocycles. The molecule has 0 aromatic carbocycles. The van der Waals surface area contributed by atoms with Crippen LogP contribution in [0.15, 0.2) is 12.3 Å². The fourth-order valence-electron chi connectivity index (χ4n) is 1.29. The molecule has 0 fully saturated rings. The van der Waals surface area contributed by atoms with Crippen LogP contribution in [-0.4, -0.2) is 15.6 Å². The van der Waals surface area contributed by atoms with Gasteiger partial charge >= 0.3 is 5.97 Å². The minimum absolute atomic E-state index is 0.380. The first-order valence-corrected chi connectivity index (χ1v) is 4.49. The number of nitrogens with zero attached hydrogens (tertiary/aromatic N) is 1. The number of hydrogen-bond acceptors (Lipinski definition) is 1. The van der Waals surface area contributed by atoms with Crippen molar-refractivity contribution in [3.05, 3.63) is 23.5 Å². The van der Waals surface area contributed by atoms with E-state index >= 15 is 0 Å². The average Bonchev–Trinajstić information content (AvgIpc) is 2.47. The molecule has 72 valence electrons. The van der Waals surface area contributed by atoms with Crippen molar-refractivity contribution in [3.8, 4) is 0 Å². The maximum atomic E-state index is 10.8. The predicted octanol–water partition coefficient (Wildman–Crippen LogP) is 2.33. The molecular formula is C10H15NO2. The molecule has 0 aliphatic rings. The number of carboxylic acids is 1.